The number of aromatic nitrogens is 3. The van der Waals surface area contributed by atoms with E-state index in [1.54, 1.807) is 30.5 Å². The van der Waals surface area contributed by atoms with Crippen LogP contribution in [-0.2, 0) is 7.05 Å². The van der Waals surface area contributed by atoms with Crippen molar-refractivity contribution in [1.82, 2.24) is 14.5 Å². The van der Waals surface area contributed by atoms with Crippen molar-refractivity contribution < 1.29 is 9.90 Å². The molecule has 6 heteroatoms. The maximum Gasteiger partial charge on any atom is 0.335 e. The Labute approximate surface area is 149 Å². The standard InChI is InChI=1S/C20H16N4O2/c1-24-12-16(15-7-2-3-8-18(15)24)17-9-10-21-20(23-17)22-14-6-4-5-13(11-14)19(25)26/h2-12H,1H3,(H,25,26)(H,21,22,23). The van der Waals surface area contributed by atoms with Gasteiger partial charge in [0.2, 0.25) is 5.95 Å². The van der Waals surface area contributed by atoms with Crippen molar-refractivity contribution in [2.45, 2.75) is 0 Å². The molecule has 0 unspecified atom stereocenters. The number of hydrogen-bond acceptors (Lipinski definition) is 4. The molecule has 0 atom stereocenters. The summed E-state index contributed by atoms with van der Waals surface area (Å²) in [6.07, 6.45) is 3.73. The highest BCUT2D eigenvalue weighted by Gasteiger charge is 2.11. The lowest BCUT2D eigenvalue weighted by Gasteiger charge is -2.07. The van der Waals surface area contributed by atoms with Crippen molar-refractivity contribution >= 4 is 28.5 Å². The predicted molar refractivity (Wildman–Crippen MR) is 101 cm³/mol. The lowest BCUT2D eigenvalue weighted by Crippen LogP contribution is -2.00. The van der Waals surface area contributed by atoms with Crippen LogP contribution in [0.1, 0.15) is 10.4 Å². The normalized spacial score (nSPS) is 10.8. The van der Waals surface area contributed by atoms with Gasteiger partial charge < -0.3 is 15.0 Å². The van der Waals surface area contributed by atoms with Crippen LogP contribution in [-0.4, -0.2) is 25.6 Å². The zero-order valence-electron chi connectivity index (χ0n) is 14.0. The second-order valence-corrected chi connectivity index (χ2v) is 5.95. The molecule has 26 heavy (non-hydrogen) atoms. The SMILES string of the molecule is Cn1cc(-c2ccnc(Nc3cccc(C(=O)O)c3)n2)c2ccccc21. The molecule has 0 aliphatic carbocycles. The van der Waals surface area contributed by atoms with Gasteiger partial charge in [-0.05, 0) is 30.3 Å². The van der Waals surface area contributed by atoms with Crippen LogP contribution < -0.4 is 5.32 Å². The number of nitrogens with zero attached hydrogens (tertiary/aromatic N) is 3. The molecule has 128 valence electrons. The molecule has 0 saturated carbocycles. The summed E-state index contributed by atoms with van der Waals surface area (Å²) in [6, 6.07) is 16.6. The molecule has 0 aliphatic heterocycles. The van der Waals surface area contributed by atoms with Gasteiger partial charge in [0.25, 0.3) is 0 Å². The van der Waals surface area contributed by atoms with Gasteiger partial charge in [-0.15, -0.1) is 0 Å². The summed E-state index contributed by atoms with van der Waals surface area (Å²) < 4.78 is 2.07. The largest absolute Gasteiger partial charge is 0.478 e. The van der Waals surface area contributed by atoms with E-state index in [1.165, 1.54) is 0 Å². The average Bonchev–Trinajstić information content (AvgIpc) is 2.99. The molecule has 4 rings (SSSR count). The Balaban J connectivity index is 1.71. The fourth-order valence-electron chi connectivity index (χ4n) is 2.97. The summed E-state index contributed by atoms with van der Waals surface area (Å²) >= 11 is 0. The zero-order valence-corrected chi connectivity index (χ0v) is 14.0. The molecule has 0 bridgehead atoms. The number of carboxylic acid groups (broad SMARTS) is 1. The summed E-state index contributed by atoms with van der Waals surface area (Å²) in [5.41, 5.74) is 3.78. The Morgan fingerprint density at radius 2 is 1.96 bits per heavy atom. The fourth-order valence-corrected chi connectivity index (χ4v) is 2.97. The highest BCUT2D eigenvalue weighted by atomic mass is 16.4. The number of carbonyl (C=O) groups is 1. The van der Waals surface area contributed by atoms with E-state index in [4.69, 9.17) is 5.11 Å². The van der Waals surface area contributed by atoms with Crippen LogP contribution in [0.5, 0.6) is 0 Å². The second-order valence-electron chi connectivity index (χ2n) is 5.95. The molecule has 0 fully saturated rings. The third-order valence-corrected chi connectivity index (χ3v) is 4.19. The van der Waals surface area contributed by atoms with E-state index >= 15 is 0 Å². The zero-order chi connectivity index (χ0) is 18.1. The lowest BCUT2D eigenvalue weighted by molar-refractivity contribution is 0.0697. The first kappa shape index (κ1) is 15.8. The number of benzene rings is 2. The van der Waals surface area contributed by atoms with Crippen LogP contribution in [0.15, 0.2) is 67.0 Å². The Morgan fingerprint density at radius 3 is 2.81 bits per heavy atom. The molecule has 4 aromatic rings. The van der Waals surface area contributed by atoms with E-state index in [1.807, 2.05) is 31.4 Å². The molecule has 6 nitrogen and oxygen atoms in total. The van der Waals surface area contributed by atoms with Crippen LogP contribution in [0.2, 0.25) is 0 Å². The molecule has 0 amide bonds. The first-order valence-corrected chi connectivity index (χ1v) is 8.10. The van der Waals surface area contributed by atoms with Crippen LogP contribution in [0.4, 0.5) is 11.6 Å². The monoisotopic (exact) mass is 344 g/mol. The van der Waals surface area contributed by atoms with Gasteiger partial charge in [-0.3, -0.25) is 0 Å². The summed E-state index contributed by atoms with van der Waals surface area (Å²) in [4.78, 5) is 19.9. The summed E-state index contributed by atoms with van der Waals surface area (Å²) in [5.74, 6) is -0.558. The van der Waals surface area contributed by atoms with E-state index < -0.39 is 5.97 Å². The summed E-state index contributed by atoms with van der Waals surface area (Å²) in [7, 11) is 2.00. The quantitative estimate of drug-likeness (QED) is 0.583. The van der Waals surface area contributed by atoms with Crippen LogP contribution in [0.3, 0.4) is 0 Å². The van der Waals surface area contributed by atoms with Crippen molar-refractivity contribution in [2.24, 2.45) is 7.05 Å². The number of nitrogens with one attached hydrogen (secondary N) is 1. The van der Waals surface area contributed by atoms with Crippen molar-refractivity contribution in [1.29, 1.82) is 0 Å². The molecule has 0 radical (unpaired) electrons. The number of hydrogen-bond donors (Lipinski definition) is 2. The van der Waals surface area contributed by atoms with Gasteiger partial charge in [-0.1, -0.05) is 24.3 Å². The number of anilines is 2. The van der Waals surface area contributed by atoms with E-state index in [2.05, 4.69) is 32.0 Å². The molecular formula is C20H16N4O2. The first-order valence-electron chi connectivity index (χ1n) is 8.10. The topological polar surface area (TPSA) is 80.0 Å². The van der Waals surface area contributed by atoms with E-state index in [-0.39, 0.29) is 5.56 Å². The average molecular weight is 344 g/mol. The third kappa shape index (κ3) is 2.88. The molecule has 0 saturated heterocycles. The maximum atomic E-state index is 11.1. The number of carboxylic acids is 1. The lowest BCUT2D eigenvalue weighted by atomic mass is 10.1. The van der Waals surface area contributed by atoms with Gasteiger partial charge in [-0.2, -0.15) is 0 Å². The Hall–Kier alpha value is -3.67. The highest BCUT2D eigenvalue weighted by Crippen LogP contribution is 2.29. The Morgan fingerprint density at radius 1 is 1.12 bits per heavy atom. The molecular weight excluding hydrogens is 328 g/mol. The molecule has 0 aliphatic rings. The summed E-state index contributed by atoms with van der Waals surface area (Å²) in [5, 5.41) is 13.3. The number of rotatable bonds is 4. The van der Waals surface area contributed by atoms with Crippen LogP contribution in [0.25, 0.3) is 22.2 Å². The van der Waals surface area contributed by atoms with Crippen molar-refractivity contribution in [3.63, 3.8) is 0 Å². The predicted octanol–water partition coefficient (Wildman–Crippen LogP) is 4.08. The van der Waals surface area contributed by atoms with Gasteiger partial charge in [0.1, 0.15) is 0 Å². The van der Waals surface area contributed by atoms with Crippen molar-refractivity contribution in [2.75, 3.05) is 5.32 Å². The Bertz CT molecular complexity index is 1120. The van der Waals surface area contributed by atoms with E-state index in [0.717, 1.165) is 22.2 Å². The Kier molecular flexibility index (Phi) is 3.85. The molecule has 2 aromatic carbocycles. The number of aromatic carboxylic acids is 1. The van der Waals surface area contributed by atoms with Gasteiger partial charge in [-0.25, -0.2) is 14.8 Å². The van der Waals surface area contributed by atoms with Gasteiger partial charge in [0.15, 0.2) is 0 Å². The van der Waals surface area contributed by atoms with Crippen LogP contribution >= 0.6 is 0 Å². The van der Waals surface area contributed by atoms with Gasteiger partial charge in [0.05, 0.1) is 11.3 Å². The fraction of sp³-hybridized carbons (Fsp3) is 0.0500. The van der Waals surface area contributed by atoms with E-state index in [9.17, 15) is 4.79 Å². The van der Waals surface area contributed by atoms with E-state index in [0.29, 0.717) is 11.6 Å². The smallest absolute Gasteiger partial charge is 0.335 e. The minimum absolute atomic E-state index is 0.209. The number of para-hydroxylation sites is 1. The minimum Gasteiger partial charge on any atom is -0.478 e. The van der Waals surface area contributed by atoms with Crippen LogP contribution in [0, 0.1) is 0 Å². The molecule has 2 aromatic heterocycles. The molecule has 2 heterocycles. The molecule has 2 N–H and O–H groups in total. The number of aryl methyl sites for hydroxylation is 1. The third-order valence-electron chi connectivity index (χ3n) is 4.19. The molecule has 0 spiro atoms. The second kappa shape index (κ2) is 6.33. The van der Waals surface area contributed by atoms with Gasteiger partial charge >= 0.3 is 5.97 Å². The minimum atomic E-state index is -0.973. The first-order chi connectivity index (χ1) is 12.6. The highest BCUT2D eigenvalue weighted by molar-refractivity contribution is 5.95. The van der Waals surface area contributed by atoms with Crippen molar-refractivity contribution in [3.8, 4) is 11.3 Å². The van der Waals surface area contributed by atoms with Gasteiger partial charge in [0, 0.05) is 41.6 Å². The number of fused-ring (bicyclic) bond motifs is 1. The summed E-state index contributed by atoms with van der Waals surface area (Å²) in [6.45, 7) is 0. The van der Waals surface area contributed by atoms with Crippen molar-refractivity contribution in [3.05, 3.63) is 72.6 Å². The maximum absolute atomic E-state index is 11.1.